The van der Waals surface area contributed by atoms with E-state index in [1.54, 1.807) is 19.1 Å². The summed E-state index contributed by atoms with van der Waals surface area (Å²) in [6, 6.07) is 3.16. The summed E-state index contributed by atoms with van der Waals surface area (Å²) in [6.07, 6.45) is 0.160. The second-order valence-corrected chi connectivity index (χ2v) is 3.43. The molecule has 6 heteroatoms. The number of aryl methyl sites for hydroxylation is 1. The van der Waals surface area contributed by atoms with Crippen LogP contribution in [0.2, 0.25) is 0 Å². The van der Waals surface area contributed by atoms with Gasteiger partial charge in [0.2, 0.25) is 0 Å². The van der Waals surface area contributed by atoms with Crippen molar-refractivity contribution < 1.29 is 19.4 Å². The summed E-state index contributed by atoms with van der Waals surface area (Å²) in [5.74, 6) is -1.16. The molecule has 0 aromatic carbocycles. The van der Waals surface area contributed by atoms with Crippen molar-refractivity contribution in [2.24, 2.45) is 0 Å². The third kappa shape index (κ3) is 3.84. The fourth-order valence-electron chi connectivity index (χ4n) is 1.20. The standard InChI is InChI=1S/C11H14N2O4/c1-7-5-8(3-4-12-7)10(15)13-6-9(14)11(16)17-2/h3-5,9,14H,6H2,1-2H3,(H,13,15). The number of hydrogen-bond acceptors (Lipinski definition) is 5. The molecule has 0 bridgehead atoms. The van der Waals surface area contributed by atoms with Crippen molar-refractivity contribution in [2.75, 3.05) is 13.7 Å². The van der Waals surface area contributed by atoms with Gasteiger partial charge in [-0.05, 0) is 19.1 Å². The summed E-state index contributed by atoms with van der Waals surface area (Å²) in [7, 11) is 1.17. The number of pyridine rings is 1. The first kappa shape index (κ1) is 13.1. The van der Waals surface area contributed by atoms with E-state index in [2.05, 4.69) is 15.0 Å². The normalized spacial score (nSPS) is 11.7. The highest BCUT2D eigenvalue weighted by atomic mass is 16.5. The lowest BCUT2D eigenvalue weighted by molar-refractivity contribution is -0.149. The zero-order chi connectivity index (χ0) is 12.8. The molecule has 0 aliphatic rings. The molecule has 0 spiro atoms. The average molecular weight is 238 g/mol. The highest BCUT2D eigenvalue weighted by Crippen LogP contribution is 2.00. The second kappa shape index (κ2) is 5.95. The van der Waals surface area contributed by atoms with Crippen LogP contribution in [0.4, 0.5) is 0 Å². The van der Waals surface area contributed by atoms with Crippen LogP contribution in [-0.2, 0) is 9.53 Å². The van der Waals surface area contributed by atoms with Crippen LogP contribution in [0, 0.1) is 6.92 Å². The molecule has 1 atom stereocenters. The molecule has 92 valence electrons. The fourth-order valence-corrected chi connectivity index (χ4v) is 1.20. The summed E-state index contributed by atoms with van der Waals surface area (Å²) >= 11 is 0. The van der Waals surface area contributed by atoms with Crippen molar-refractivity contribution in [1.29, 1.82) is 0 Å². The molecule has 1 unspecified atom stereocenters. The van der Waals surface area contributed by atoms with Gasteiger partial charge in [-0.1, -0.05) is 0 Å². The Morgan fingerprint density at radius 3 is 2.88 bits per heavy atom. The molecule has 17 heavy (non-hydrogen) atoms. The molecule has 1 rings (SSSR count). The molecule has 0 saturated heterocycles. The van der Waals surface area contributed by atoms with E-state index in [4.69, 9.17) is 0 Å². The molecule has 1 amide bonds. The summed E-state index contributed by atoms with van der Waals surface area (Å²) in [5, 5.41) is 11.7. The number of amides is 1. The van der Waals surface area contributed by atoms with Crippen molar-refractivity contribution >= 4 is 11.9 Å². The van der Waals surface area contributed by atoms with Gasteiger partial charge in [0.15, 0.2) is 6.10 Å². The highest BCUT2D eigenvalue weighted by molar-refractivity contribution is 5.94. The molecular weight excluding hydrogens is 224 g/mol. The number of ether oxygens (including phenoxy) is 1. The van der Waals surface area contributed by atoms with E-state index in [9.17, 15) is 14.7 Å². The lowest BCUT2D eigenvalue weighted by atomic mass is 10.2. The maximum atomic E-state index is 11.6. The number of aliphatic hydroxyl groups excluding tert-OH is 1. The number of carbonyl (C=O) groups is 2. The molecule has 0 saturated carbocycles. The van der Waals surface area contributed by atoms with E-state index in [-0.39, 0.29) is 12.5 Å². The lowest BCUT2D eigenvalue weighted by Gasteiger charge is -2.09. The number of nitrogens with one attached hydrogen (secondary N) is 1. The Balaban J connectivity index is 2.53. The van der Waals surface area contributed by atoms with Crippen LogP contribution in [-0.4, -0.2) is 41.7 Å². The Morgan fingerprint density at radius 1 is 1.59 bits per heavy atom. The Labute approximate surface area is 98.6 Å². The fraction of sp³-hybridized carbons (Fsp3) is 0.364. The average Bonchev–Trinajstić information content (AvgIpc) is 2.34. The van der Waals surface area contributed by atoms with Crippen molar-refractivity contribution in [3.8, 4) is 0 Å². The topological polar surface area (TPSA) is 88.5 Å². The number of methoxy groups -OCH3 is 1. The summed E-state index contributed by atoms with van der Waals surface area (Å²) in [4.78, 5) is 26.4. The molecule has 0 radical (unpaired) electrons. The smallest absolute Gasteiger partial charge is 0.336 e. The van der Waals surface area contributed by atoms with Gasteiger partial charge < -0.3 is 15.2 Å². The summed E-state index contributed by atoms with van der Waals surface area (Å²) in [5.41, 5.74) is 1.14. The van der Waals surface area contributed by atoms with Gasteiger partial charge in [0, 0.05) is 17.5 Å². The number of aliphatic hydroxyl groups is 1. The van der Waals surface area contributed by atoms with Gasteiger partial charge in [-0.15, -0.1) is 0 Å². The predicted molar refractivity (Wildman–Crippen MR) is 59.3 cm³/mol. The van der Waals surface area contributed by atoms with E-state index in [0.717, 1.165) is 0 Å². The van der Waals surface area contributed by atoms with Gasteiger partial charge in [-0.25, -0.2) is 4.79 Å². The third-order valence-electron chi connectivity index (χ3n) is 2.09. The Kier molecular flexibility index (Phi) is 4.59. The van der Waals surface area contributed by atoms with Gasteiger partial charge in [0.05, 0.1) is 13.7 Å². The molecule has 0 aliphatic carbocycles. The Bertz CT molecular complexity index is 420. The SMILES string of the molecule is COC(=O)C(O)CNC(=O)c1ccnc(C)c1. The van der Waals surface area contributed by atoms with E-state index in [1.165, 1.54) is 13.3 Å². The van der Waals surface area contributed by atoms with Gasteiger partial charge >= 0.3 is 5.97 Å². The minimum absolute atomic E-state index is 0.188. The Morgan fingerprint density at radius 2 is 2.29 bits per heavy atom. The third-order valence-corrected chi connectivity index (χ3v) is 2.09. The van der Waals surface area contributed by atoms with E-state index < -0.39 is 12.1 Å². The maximum absolute atomic E-state index is 11.6. The first-order valence-corrected chi connectivity index (χ1v) is 5.01. The molecular formula is C11H14N2O4. The molecule has 1 aromatic rings. The molecule has 0 aliphatic heterocycles. The van der Waals surface area contributed by atoms with Crippen LogP contribution in [0.5, 0.6) is 0 Å². The van der Waals surface area contributed by atoms with Crippen molar-refractivity contribution in [3.05, 3.63) is 29.6 Å². The van der Waals surface area contributed by atoms with Gasteiger partial charge in [0.25, 0.3) is 5.91 Å². The highest BCUT2D eigenvalue weighted by Gasteiger charge is 2.16. The molecule has 1 aromatic heterocycles. The van der Waals surface area contributed by atoms with E-state index >= 15 is 0 Å². The molecule has 1 heterocycles. The first-order valence-electron chi connectivity index (χ1n) is 5.01. The predicted octanol–water partition coefficient (Wildman–Crippen LogP) is -0.346. The van der Waals surface area contributed by atoms with Crippen LogP contribution >= 0.6 is 0 Å². The van der Waals surface area contributed by atoms with Crippen LogP contribution in [0.25, 0.3) is 0 Å². The van der Waals surface area contributed by atoms with Crippen molar-refractivity contribution in [3.63, 3.8) is 0 Å². The van der Waals surface area contributed by atoms with Crippen LogP contribution in [0.3, 0.4) is 0 Å². The van der Waals surface area contributed by atoms with Crippen LogP contribution in [0.15, 0.2) is 18.3 Å². The number of rotatable bonds is 4. The van der Waals surface area contributed by atoms with Crippen LogP contribution < -0.4 is 5.32 Å². The largest absolute Gasteiger partial charge is 0.467 e. The van der Waals surface area contributed by atoms with Crippen molar-refractivity contribution in [2.45, 2.75) is 13.0 Å². The molecule has 2 N–H and O–H groups in total. The van der Waals surface area contributed by atoms with E-state index in [0.29, 0.717) is 11.3 Å². The van der Waals surface area contributed by atoms with Gasteiger partial charge in [-0.2, -0.15) is 0 Å². The number of esters is 1. The van der Waals surface area contributed by atoms with Crippen molar-refractivity contribution in [1.82, 2.24) is 10.3 Å². The summed E-state index contributed by atoms with van der Waals surface area (Å²) in [6.45, 7) is 1.58. The lowest BCUT2D eigenvalue weighted by Crippen LogP contribution is -2.37. The molecule has 0 fully saturated rings. The monoisotopic (exact) mass is 238 g/mol. The number of hydrogen-bond donors (Lipinski definition) is 2. The maximum Gasteiger partial charge on any atom is 0.336 e. The number of carbonyl (C=O) groups excluding carboxylic acids is 2. The zero-order valence-corrected chi connectivity index (χ0v) is 9.64. The minimum atomic E-state index is -1.35. The quantitative estimate of drug-likeness (QED) is 0.700. The first-order chi connectivity index (χ1) is 8.04. The minimum Gasteiger partial charge on any atom is -0.467 e. The zero-order valence-electron chi connectivity index (χ0n) is 9.64. The number of nitrogens with zero attached hydrogens (tertiary/aromatic N) is 1. The number of aromatic nitrogens is 1. The van der Waals surface area contributed by atoms with Gasteiger partial charge in [0.1, 0.15) is 0 Å². The van der Waals surface area contributed by atoms with Crippen LogP contribution in [0.1, 0.15) is 16.1 Å². The summed E-state index contributed by atoms with van der Waals surface area (Å²) < 4.78 is 4.32. The van der Waals surface area contributed by atoms with E-state index in [1.807, 2.05) is 0 Å². The van der Waals surface area contributed by atoms with Gasteiger partial charge in [-0.3, -0.25) is 9.78 Å². The Hall–Kier alpha value is -1.95. The second-order valence-electron chi connectivity index (χ2n) is 3.43. The molecule has 6 nitrogen and oxygen atoms in total.